The number of amides is 1. The molecular weight excluding hydrogens is 300 g/mol. The zero-order valence-electron chi connectivity index (χ0n) is 14.3. The van der Waals surface area contributed by atoms with Crippen molar-refractivity contribution in [2.75, 3.05) is 18.0 Å². The van der Waals surface area contributed by atoms with Crippen molar-refractivity contribution in [3.05, 3.63) is 29.8 Å². The Morgan fingerprint density at radius 3 is 2.83 bits per heavy atom. The van der Waals surface area contributed by atoms with E-state index in [0.717, 1.165) is 19.5 Å². The predicted octanol–water partition coefficient (Wildman–Crippen LogP) is 1.94. The largest absolute Gasteiger partial charge is 0.372 e. The van der Waals surface area contributed by atoms with Crippen molar-refractivity contribution in [1.82, 2.24) is 16.2 Å². The summed E-state index contributed by atoms with van der Waals surface area (Å²) in [6, 6.07) is 8.97. The molecule has 0 aromatic heterocycles. The van der Waals surface area contributed by atoms with E-state index in [-0.39, 0.29) is 11.9 Å². The summed E-state index contributed by atoms with van der Waals surface area (Å²) < 4.78 is 0. The first-order valence-corrected chi connectivity index (χ1v) is 9.44. The Balaban J connectivity index is 1.34. The fourth-order valence-corrected chi connectivity index (χ4v) is 4.44. The van der Waals surface area contributed by atoms with Gasteiger partial charge in [-0.3, -0.25) is 10.2 Å². The number of benzene rings is 1. The number of nitrogens with one attached hydrogen (secondary N) is 3. The molecule has 1 amide bonds. The first kappa shape index (κ1) is 15.9. The van der Waals surface area contributed by atoms with Crippen LogP contribution in [0.25, 0.3) is 0 Å². The molecule has 1 aromatic carbocycles. The standard InChI is InChI=1S/C19H28N4O/c24-19(18-16-8-1-2-9-17(16)21-22-18)20-13-14-6-5-7-15(12-14)23-10-3-4-11-23/h5-7,12,16-18,21-22H,1-4,8-11,13H2,(H,20,24). The predicted molar refractivity (Wildman–Crippen MR) is 95.5 cm³/mol. The van der Waals surface area contributed by atoms with Gasteiger partial charge in [0.15, 0.2) is 0 Å². The van der Waals surface area contributed by atoms with E-state index in [1.807, 2.05) is 0 Å². The molecule has 0 bridgehead atoms. The molecule has 1 aliphatic carbocycles. The maximum absolute atomic E-state index is 12.6. The molecule has 4 rings (SSSR count). The minimum atomic E-state index is -0.0861. The van der Waals surface area contributed by atoms with Crippen molar-refractivity contribution in [3.8, 4) is 0 Å². The summed E-state index contributed by atoms with van der Waals surface area (Å²) in [4.78, 5) is 15.0. The second kappa shape index (κ2) is 7.11. The van der Waals surface area contributed by atoms with Gasteiger partial charge in [-0.1, -0.05) is 25.0 Å². The number of hydrazine groups is 1. The third-order valence-electron chi connectivity index (χ3n) is 5.80. The molecule has 0 spiro atoms. The minimum absolute atomic E-state index is 0.0861. The van der Waals surface area contributed by atoms with Crippen LogP contribution in [0.5, 0.6) is 0 Å². The Bertz CT molecular complexity index is 584. The fraction of sp³-hybridized carbons (Fsp3) is 0.632. The molecule has 3 fully saturated rings. The molecule has 130 valence electrons. The van der Waals surface area contributed by atoms with Gasteiger partial charge < -0.3 is 10.2 Å². The van der Waals surface area contributed by atoms with Crippen molar-refractivity contribution in [2.45, 2.75) is 57.2 Å². The van der Waals surface area contributed by atoms with Crippen LogP contribution in [0, 0.1) is 5.92 Å². The highest BCUT2D eigenvalue weighted by Crippen LogP contribution is 2.30. The number of anilines is 1. The molecule has 2 heterocycles. The molecule has 3 N–H and O–H groups in total. The summed E-state index contributed by atoms with van der Waals surface area (Å²) in [7, 11) is 0. The molecule has 5 nitrogen and oxygen atoms in total. The second-order valence-corrected chi connectivity index (χ2v) is 7.40. The van der Waals surface area contributed by atoms with E-state index in [0.29, 0.717) is 18.5 Å². The smallest absolute Gasteiger partial charge is 0.239 e. The number of nitrogens with zero attached hydrogens (tertiary/aromatic N) is 1. The molecule has 3 atom stereocenters. The Hall–Kier alpha value is -1.59. The Morgan fingerprint density at radius 1 is 1.12 bits per heavy atom. The van der Waals surface area contributed by atoms with E-state index in [9.17, 15) is 4.79 Å². The number of hydrogen-bond acceptors (Lipinski definition) is 4. The normalized spacial score (nSPS) is 29.5. The van der Waals surface area contributed by atoms with Gasteiger partial charge in [-0.25, -0.2) is 5.43 Å². The van der Waals surface area contributed by atoms with Gasteiger partial charge in [0.05, 0.1) is 0 Å². The number of carbonyl (C=O) groups excluding carboxylic acids is 1. The lowest BCUT2D eigenvalue weighted by Gasteiger charge is -2.26. The molecular formula is C19H28N4O. The summed E-state index contributed by atoms with van der Waals surface area (Å²) in [5.41, 5.74) is 9.00. The lowest BCUT2D eigenvalue weighted by molar-refractivity contribution is -0.124. The number of carbonyl (C=O) groups is 1. The van der Waals surface area contributed by atoms with Gasteiger partial charge in [0.25, 0.3) is 0 Å². The van der Waals surface area contributed by atoms with Gasteiger partial charge in [0, 0.05) is 37.3 Å². The van der Waals surface area contributed by atoms with Crippen LogP contribution in [0.15, 0.2) is 24.3 Å². The average molecular weight is 328 g/mol. The van der Waals surface area contributed by atoms with Gasteiger partial charge in [-0.05, 0) is 43.4 Å². The zero-order valence-corrected chi connectivity index (χ0v) is 14.3. The van der Waals surface area contributed by atoms with Crippen LogP contribution < -0.4 is 21.1 Å². The first-order chi connectivity index (χ1) is 11.8. The van der Waals surface area contributed by atoms with Crippen molar-refractivity contribution < 1.29 is 4.79 Å². The SMILES string of the molecule is O=C(NCc1cccc(N2CCCC2)c1)C1NNC2CCCCC21. The molecule has 2 aliphatic heterocycles. The van der Waals surface area contributed by atoms with Gasteiger partial charge in [0.1, 0.15) is 6.04 Å². The zero-order chi connectivity index (χ0) is 16.4. The van der Waals surface area contributed by atoms with Gasteiger partial charge in [-0.2, -0.15) is 0 Å². The molecule has 1 aromatic rings. The number of hydrogen-bond donors (Lipinski definition) is 3. The second-order valence-electron chi connectivity index (χ2n) is 7.40. The molecule has 2 saturated heterocycles. The molecule has 3 aliphatic rings. The number of fused-ring (bicyclic) bond motifs is 1. The maximum Gasteiger partial charge on any atom is 0.239 e. The maximum atomic E-state index is 12.6. The molecule has 0 radical (unpaired) electrons. The Kier molecular flexibility index (Phi) is 4.72. The van der Waals surface area contributed by atoms with E-state index < -0.39 is 0 Å². The third-order valence-corrected chi connectivity index (χ3v) is 5.80. The Morgan fingerprint density at radius 2 is 1.96 bits per heavy atom. The highest BCUT2D eigenvalue weighted by Gasteiger charge is 2.40. The quantitative estimate of drug-likeness (QED) is 0.791. The number of rotatable bonds is 4. The molecule has 1 saturated carbocycles. The summed E-state index contributed by atoms with van der Waals surface area (Å²) in [6.45, 7) is 2.91. The summed E-state index contributed by atoms with van der Waals surface area (Å²) in [6.07, 6.45) is 7.40. The van der Waals surface area contributed by atoms with Crippen molar-refractivity contribution in [1.29, 1.82) is 0 Å². The van der Waals surface area contributed by atoms with E-state index in [4.69, 9.17) is 0 Å². The van der Waals surface area contributed by atoms with Crippen molar-refractivity contribution in [2.24, 2.45) is 5.92 Å². The van der Waals surface area contributed by atoms with Gasteiger partial charge in [-0.15, -0.1) is 0 Å². The van der Waals surface area contributed by atoms with Crippen LogP contribution >= 0.6 is 0 Å². The highest BCUT2D eigenvalue weighted by molar-refractivity contribution is 5.82. The van der Waals surface area contributed by atoms with Crippen LogP contribution in [0.4, 0.5) is 5.69 Å². The lowest BCUT2D eigenvalue weighted by Crippen LogP contribution is -2.45. The van der Waals surface area contributed by atoms with E-state index in [1.54, 1.807) is 0 Å². The third kappa shape index (κ3) is 3.28. The van der Waals surface area contributed by atoms with E-state index >= 15 is 0 Å². The molecule has 5 heteroatoms. The fourth-order valence-electron chi connectivity index (χ4n) is 4.44. The van der Waals surface area contributed by atoms with Gasteiger partial charge >= 0.3 is 0 Å². The highest BCUT2D eigenvalue weighted by atomic mass is 16.2. The van der Waals surface area contributed by atoms with Crippen LogP contribution in [0.3, 0.4) is 0 Å². The molecule has 24 heavy (non-hydrogen) atoms. The summed E-state index contributed by atoms with van der Waals surface area (Å²) in [5.74, 6) is 0.568. The van der Waals surface area contributed by atoms with E-state index in [1.165, 1.54) is 43.4 Å². The van der Waals surface area contributed by atoms with Gasteiger partial charge in [0.2, 0.25) is 5.91 Å². The van der Waals surface area contributed by atoms with Crippen LogP contribution in [0.2, 0.25) is 0 Å². The molecule has 3 unspecified atom stereocenters. The van der Waals surface area contributed by atoms with Crippen LogP contribution in [-0.2, 0) is 11.3 Å². The average Bonchev–Trinajstić information content (AvgIpc) is 3.29. The monoisotopic (exact) mass is 328 g/mol. The van der Waals surface area contributed by atoms with Crippen molar-refractivity contribution in [3.63, 3.8) is 0 Å². The minimum Gasteiger partial charge on any atom is -0.372 e. The van der Waals surface area contributed by atoms with E-state index in [2.05, 4.69) is 45.3 Å². The summed E-state index contributed by atoms with van der Waals surface area (Å²) in [5, 5.41) is 3.13. The van der Waals surface area contributed by atoms with Crippen molar-refractivity contribution >= 4 is 11.6 Å². The lowest BCUT2D eigenvalue weighted by atomic mass is 9.81. The Labute approximate surface area is 144 Å². The van der Waals surface area contributed by atoms with Crippen LogP contribution in [0.1, 0.15) is 44.1 Å². The summed E-state index contributed by atoms with van der Waals surface area (Å²) >= 11 is 0. The van der Waals surface area contributed by atoms with Crippen LogP contribution in [-0.4, -0.2) is 31.1 Å². The first-order valence-electron chi connectivity index (χ1n) is 9.44. The topological polar surface area (TPSA) is 56.4 Å².